The topological polar surface area (TPSA) is 55.8 Å². The molecule has 1 N–H and O–H groups in total. The van der Waals surface area contributed by atoms with Crippen molar-refractivity contribution >= 4 is 5.97 Å². The van der Waals surface area contributed by atoms with Gasteiger partial charge in [0.05, 0.1) is 7.11 Å². The number of aliphatic hydroxyl groups is 1. The molecule has 0 radical (unpaired) electrons. The number of carbonyl (C=O) groups excluding carboxylic acids is 1. The van der Waals surface area contributed by atoms with Gasteiger partial charge in [-0.05, 0) is 6.92 Å². The van der Waals surface area contributed by atoms with E-state index >= 15 is 0 Å². The summed E-state index contributed by atoms with van der Waals surface area (Å²) in [7, 11) is 1.38. The van der Waals surface area contributed by atoms with E-state index in [0.717, 1.165) is 0 Å². The van der Waals surface area contributed by atoms with E-state index < -0.39 is 17.8 Å². The van der Waals surface area contributed by atoms with Gasteiger partial charge in [0, 0.05) is 0 Å². The number of ether oxygens (including phenoxy) is 2. The van der Waals surface area contributed by atoms with E-state index in [0.29, 0.717) is 0 Å². The molecule has 0 saturated heterocycles. The van der Waals surface area contributed by atoms with E-state index in [1.165, 1.54) is 7.11 Å². The van der Waals surface area contributed by atoms with Gasteiger partial charge >= 0.3 is 5.97 Å². The number of methoxy groups -OCH3 is 1. The summed E-state index contributed by atoms with van der Waals surface area (Å²) in [5.41, 5.74) is 0. The van der Waals surface area contributed by atoms with Gasteiger partial charge in [-0.15, -0.1) is 0 Å². The van der Waals surface area contributed by atoms with E-state index in [9.17, 15) is 4.79 Å². The minimum absolute atomic E-state index is 0.199. The lowest BCUT2D eigenvalue weighted by Crippen LogP contribution is -2.06. The molecule has 1 aliphatic heterocycles. The van der Waals surface area contributed by atoms with Crippen LogP contribution < -0.4 is 0 Å². The Morgan fingerprint density at radius 2 is 2.30 bits per heavy atom. The zero-order chi connectivity index (χ0) is 7.72. The molecule has 0 aromatic carbocycles. The number of rotatable bonds is 1. The van der Waals surface area contributed by atoms with Crippen LogP contribution in [0, 0.1) is 0 Å². The molecule has 1 heterocycles. The van der Waals surface area contributed by atoms with Crippen molar-refractivity contribution < 1.29 is 19.4 Å². The third-order valence-corrected chi connectivity index (χ3v) is 1.30. The molecule has 0 saturated carbocycles. The van der Waals surface area contributed by atoms with Gasteiger partial charge in [-0.2, -0.15) is 0 Å². The standard InChI is InChI=1S/C6H8O4/c1-3-5(9-2)4(7)6(8)10-3/h3,7H,1-2H3/t3-/m0/s1. The summed E-state index contributed by atoms with van der Waals surface area (Å²) in [5, 5.41) is 8.91. The Morgan fingerprint density at radius 1 is 1.70 bits per heavy atom. The molecule has 0 aliphatic carbocycles. The van der Waals surface area contributed by atoms with Gasteiger partial charge in [-0.1, -0.05) is 0 Å². The smallest absolute Gasteiger partial charge is 0.377 e. The normalized spacial score (nSPS) is 25.0. The van der Waals surface area contributed by atoms with Crippen molar-refractivity contribution in [3.05, 3.63) is 11.5 Å². The molecular formula is C6H8O4. The van der Waals surface area contributed by atoms with Crippen LogP contribution in [0.4, 0.5) is 0 Å². The molecule has 0 bridgehead atoms. The molecule has 0 aromatic rings. The predicted octanol–water partition coefficient (Wildman–Crippen LogP) is 0.348. The molecule has 1 aliphatic rings. The van der Waals surface area contributed by atoms with E-state index in [2.05, 4.69) is 9.47 Å². The number of hydrogen-bond acceptors (Lipinski definition) is 4. The number of esters is 1. The summed E-state index contributed by atoms with van der Waals surface area (Å²) in [6.45, 7) is 1.62. The molecule has 0 aromatic heterocycles. The highest BCUT2D eigenvalue weighted by molar-refractivity contribution is 5.89. The molecule has 0 amide bonds. The van der Waals surface area contributed by atoms with Crippen molar-refractivity contribution in [3.8, 4) is 0 Å². The van der Waals surface area contributed by atoms with Crippen LogP contribution in [0.5, 0.6) is 0 Å². The average Bonchev–Trinajstić information content (AvgIpc) is 2.09. The molecule has 4 nitrogen and oxygen atoms in total. The number of aliphatic hydroxyl groups excluding tert-OH is 1. The average molecular weight is 144 g/mol. The first-order valence-corrected chi connectivity index (χ1v) is 2.85. The lowest BCUT2D eigenvalue weighted by atomic mass is 10.3. The summed E-state index contributed by atoms with van der Waals surface area (Å²) in [6.07, 6.45) is -0.461. The Hall–Kier alpha value is -1.19. The predicted molar refractivity (Wildman–Crippen MR) is 32.2 cm³/mol. The van der Waals surface area contributed by atoms with Gasteiger partial charge in [0.1, 0.15) is 0 Å². The van der Waals surface area contributed by atoms with Crippen LogP contribution >= 0.6 is 0 Å². The molecule has 1 rings (SSSR count). The van der Waals surface area contributed by atoms with Crippen LogP contribution in [-0.4, -0.2) is 24.3 Å². The van der Waals surface area contributed by atoms with E-state index in [1.807, 2.05) is 0 Å². The van der Waals surface area contributed by atoms with Crippen molar-refractivity contribution in [2.45, 2.75) is 13.0 Å². The maximum Gasteiger partial charge on any atom is 0.377 e. The first-order chi connectivity index (χ1) is 4.66. The lowest BCUT2D eigenvalue weighted by molar-refractivity contribution is -0.141. The fourth-order valence-corrected chi connectivity index (χ4v) is 0.826. The monoisotopic (exact) mass is 144 g/mol. The molecule has 10 heavy (non-hydrogen) atoms. The first-order valence-electron chi connectivity index (χ1n) is 2.85. The van der Waals surface area contributed by atoms with Gasteiger partial charge < -0.3 is 14.6 Å². The summed E-state index contributed by atoms with van der Waals surface area (Å²) in [6, 6.07) is 0. The second-order valence-corrected chi connectivity index (χ2v) is 1.96. The highest BCUT2D eigenvalue weighted by Crippen LogP contribution is 2.20. The molecule has 0 fully saturated rings. The fraction of sp³-hybridized carbons (Fsp3) is 0.500. The van der Waals surface area contributed by atoms with Crippen molar-refractivity contribution in [1.29, 1.82) is 0 Å². The third kappa shape index (κ3) is 0.814. The van der Waals surface area contributed by atoms with Crippen LogP contribution in [-0.2, 0) is 14.3 Å². The zero-order valence-corrected chi connectivity index (χ0v) is 5.75. The Balaban J connectivity index is 2.90. The van der Waals surface area contributed by atoms with Crippen LogP contribution in [0.3, 0.4) is 0 Å². The largest absolute Gasteiger partial charge is 0.499 e. The van der Waals surface area contributed by atoms with Gasteiger partial charge in [-0.25, -0.2) is 4.79 Å². The molecule has 0 unspecified atom stereocenters. The van der Waals surface area contributed by atoms with Gasteiger partial charge in [0.15, 0.2) is 11.9 Å². The molecule has 4 heteroatoms. The van der Waals surface area contributed by atoms with Gasteiger partial charge in [0.25, 0.3) is 0 Å². The Bertz CT molecular complexity index is 194. The first kappa shape index (κ1) is 6.92. The van der Waals surface area contributed by atoms with Crippen LogP contribution in [0.25, 0.3) is 0 Å². The molecule has 1 atom stereocenters. The highest BCUT2D eigenvalue weighted by Gasteiger charge is 2.31. The number of cyclic esters (lactones) is 1. The van der Waals surface area contributed by atoms with Crippen molar-refractivity contribution in [3.63, 3.8) is 0 Å². The van der Waals surface area contributed by atoms with Crippen molar-refractivity contribution in [2.75, 3.05) is 7.11 Å². The Labute approximate surface area is 58.1 Å². The summed E-state index contributed by atoms with van der Waals surface area (Å²) >= 11 is 0. The summed E-state index contributed by atoms with van der Waals surface area (Å²) < 4.78 is 9.28. The minimum Gasteiger partial charge on any atom is -0.499 e. The van der Waals surface area contributed by atoms with E-state index in [4.69, 9.17) is 5.11 Å². The maximum atomic E-state index is 10.5. The van der Waals surface area contributed by atoms with E-state index in [-0.39, 0.29) is 5.76 Å². The second-order valence-electron chi connectivity index (χ2n) is 1.96. The van der Waals surface area contributed by atoms with Crippen LogP contribution in [0.1, 0.15) is 6.92 Å². The second kappa shape index (κ2) is 2.21. The molecule has 0 spiro atoms. The van der Waals surface area contributed by atoms with E-state index in [1.54, 1.807) is 6.92 Å². The van der Waals surface area contributed by atoms with Crippen LogP contribution in [0.2, 0.25) is 0 Å². The molecular weight excluding hydrogens is 136 g/mol. The Kier molecular flexibility index (Phi) is 1.53. The maximum absolute atomic E-state index is 10.5. The van der Waals surface area contributed by atoms with Crippen molar-refractivity contribution in [2.24, 2.45) is 0 Å². The van der Waals surface area contributed by atoms with Gasteiger partial charge in [-0.3, -0.25) is 0 Å². The third-order valence-electron chi connectivity index (χ3n) is 1.30. The summed E-state index contributed by atoms with van der Waals surface area (Å²) in [5.74, 6) is -0.940. The zero-order valence-electron chi connectivity index (χ0n) is 5.75. The number of carbonyl (C=O) groups is 1. The Morgan fingerprint density at radius 3 is 2.50 bits per heavy atom. The minimum atomic E-state index is -0.718. The fourth-order valence-electron chi connectivity index (χ4n) is 0.826. The SMILES string of the molecule is COC1=C(O)C(=O)O[C@H]1C. The lowest BCUT2D eigenvalue weighted by Gasteiger charge is -2.04. The van der Waals surface area contributed by atoms with Crippen LogP contribution in [0.15, 0.2) is 11.5 Å². The quantitative estimate of drug-likeness (QED) is 0.539. The summed E-state index contributed by atoms with van der Waals surface area (Å²) in [4.78, 5) is 10.5. The van der Waals surface area contributed by atoms with Crippen molar-refractivity contribution in [1.82, 2.24) is 0 Å². The number of hydrogen-bond donors (Lipinski definition) is 1. The highest BCUT2D eigenvalue weighted by atomic mass is 16.6. The molecule has 56 valence electrons. The van der Waals surface area contributed by atoms with Gasteiger partial charge in [0.2, 0.25) is 5.76 Å².